The van der Waals surface area contributed by atoms with Gasteiger partial charge in [-0.25, -0.2) is 0 Å². The molecule has 0 aliphatic rings. The maximum absolute atomic E-state index is 8.72. The van der Waals surface area contributed by atoms with Gasteiger partial charge in [-0.3, -0.25) is 0 Å². The van der Waals surface area contributed by atoms with E-state index in [2.05, 4.69) is 33.9 Å². The Bertz CT molecular complexity index is 214. The van der Waals surface area contributed by atoms with Crippen LogP contribution in [0.2, 0.25) is 18.1 Å². The Morgan fingerprint density at radius 3 is 2.27 bits per heavy atom. The Morgan fingerprint density at radius 1 is 1.33 bits per heavy atom. The minimum absolute atomic E-state index is 0.131. The van der Waals surface area contributed by atoms with Crippen LogP contribution in [0.25, 0.3) is 0 Å². The van der Waals surface area contributed by atoms with E-state index in [1.807, 2.05) is 13.0 Å². The standard InChI is InChI=1S/C12H26O2Si/c1-11(7-9-13)8-10-14-15(5,6)12(2,3)4/h7,13H,8-10H2,1-6H3. The van der Waals surface area contributed by atoms with E-state index < -0.39 is 8.32 Å². The minimum Gasteiger partial charge on any atom is -0.417 e. The quantitative estimate of drug-likeness (QED) is 0.580. The average molecular weight is 230 g/mol. The van der Waals surface area contributed by atoms with E-state index in [-0.39, 0.29) is 11.6 Å². The summed E-state index contributed by atoms with van der Waals surface area (Å²) in [6.07, 6.45) is 2.77. The van der Waals surface area contributed by atoms with Gasteiger partial charge in [-0.05, 0) is 31.5 Å². The first-order valence-corrected chi connectivity index (χ1v) is 8.52. The van der Waals surface area contributed by atoms with Crippen LogP contribution in [0.3, 0.4) is 0 Å². The lowest BCUT2D eigenvalue weighted by molar-refractivity contribution is 0.290. The van der Waals surface area contributed by atoms with Gasteiger partial charge < -0.3 is 9.53 Å². The minimum atomic E-state index is -1.58. The zero-order valence-corrected chi connectivity index (χ0v) is 12.1. The van der Waals surface area contributed by atoms with Crippen LogP contribution in [-0.4, -0.2) is 26.6 Å². The van der Waals surface area contributed by atoms with Crippen molar-refractivity contribution in [2.24, 2.45) is 0 Å². The highest BCUT2D eigenvalue weighted by atomic mass is 28.4. The second kappa shape index (κ2) is 5.82. The fourth-order valence-electron chi connectivity index (χ4n) is 0.942. The van der Waals surface area contributed by atoms with Crippen molar-refractivity contribution >= 4 is 8.32 Å². The summed E-state index contributed by atoms with van der Waals surface area (Å²) >= 11 is 0. The molecule has 0 amide bonds. The SMILES string of the molecule is CC(=CCO)CCO[Si](C)(C)C(C)(C)C. The molecule has 0 saturated carbocycles. The van der Waals surface area contributed by atoms with E-state index in [0.717, 1.165) is 13.0 Å². The molecule has 0 heterocycles. The van der Waals surface area contributed by atoms with Gasteiger partial charge in [-0.2, -0.15) is 0 Å². The van der Waals surface area contributed by atoms with Gasteiger partial charge in [0.15, 0.2) is 8.32 Å². The summed E-state index contributed by atoms with van der Waals surface area (Å²) in [5, 5.41) is 9.00. The molecule has 15 heavy (non-hydrogen) atoms. The van der Waals surface area contributed by atoms with Crippen molar-refractivity contribution in [3.8, 4) is 0 Å². The average Bonchev–Trinajstić information content (AvgIpc) is 2.01. The molecular formula is C12H26O2Si. The van der Waals surface area contributed by atoms with Gasteiger partial charge in [0.05, 0.1) is 6.61 Å². The number of hydrogen-bond acceptors (Lipinski definition) is 2. The van der Waals surface area contributed by atoms with Crippen molar-refractivity contribution < 1.29 is 9.53 Å². The molecule has 0 spiro atoms. The lowest BCUT2D eigenvalue weighted by Crippen LogP contribution is -2.41. The lowest BCUT2D eigenvalue weighted by Gasteiger charge is -2.36. The summed E-state index contributed by atoms with van der Waals surface area (Å²) in [6.45, 7) is 14.2. The summed E-state index contributed by atoms with van der Waals surface area (Å²) in [6, 6.07) is 0. The molecule has 0 rings (SSSR count). The number of rotatable bonds is 5. The van der Waals surface area contributed by atoms with E-state index >= 15 is 0 Å². The highest BCUT2D eigenvalue weighted by Gasteiger charge is 2.36. The fraction of sp³-hybridized carbons (Fsp3) is 0.833. The van der Waals surface area contributed by atoms with Crippen LogP contribution in [0, 0.1) is 0 Å². The van der Waals surface area contributed by atoms with Crippen molar-refractivity contribution in [2.75, 3.05) is 13.2 Å². The van der Waals surface area contributed by atoms with E-state index in [0.29, 0.717) is 0 Å². The van der Waals surface area contributed by atoms with Crippen LogP contribution in [0.15, 0.2) is 11.6 Å². The van der Waals surface area contributed by atoms with Gasteiger partial charge in [0.1, 0.15) is 0 Å². The first-order chi connectivity index (χ1) is 6.70. The van der Waals surface area contributed by atoms with E-state index in [4.69, 9.17) is 9.53 Å². The Morgan fingerprint density at radius 2 is 1.87 bits per heavy atom. The fourth-order valence-corrected chi connectivity index (χ4v) is 1.99. The van der Waals surface area contributed by atoms with Crippen LogP contribution in [0.4, 0.5) is 0 Å². The van der Waals surface area contributed by atoms with Gasteiger partial charge in [-0.1, -0.05) is 32.4 Å². The molecule has 0 aromatic heterocycles. The third-order valence-electron chi connectivity index (χ3n) is 3.21. The molecule has 3 heteroatoms. The molecule has 0 aliphatic heterocycles. The van der Waals surface area contributed by atoms with Crippen LogP contribution in [-0.2, 0) is 4.43 Å². The van der Waals surface area contributed by atoms with Gasteiger partial charge in [0.25, 0.3) is 0 Å². The van der Waals surface area contributed by atoms with Gasteiger partial charge in [-0.15, -0.1) is 0 Å². The number of hydrogen-bond donors (Lipinski definition) is 1. The van der Waals surface area contributed by atoms with Gasteiger partial charge >= 0.3 is 0 Å². The molecule has 90 valence electrons. The molecule has 0 unspecified atom stereocenters. The van der Waals surface area contributed by atoms with Crippen LogP contribution in [0.5, 0.6) is 0 Å². The summed E-state index contributed by atoms with van der Waals surface area (Å²) in [4.78, 5) is 0. The molecule has 0 aliphatic carbocycles. The second-order valence-electron chi connectivity index (χ2n) is 5.59. The summed E-state index contributed by atoms with van der Waals surface area (Å²) in [5.74, 6) is 0. The monoisotopic (exact) mass is 230 g/mol. The summed E-state index contributed by atoms with van der Waals surface area (Å²) in [7, 11) is -1.58. The van der Waals surface area contributed by atoms with Crippen molar-refractivity contribution in [1.82, 2.24) is 0 Å². The maximum atomic E-state index is 8.72. The second-order valence-corrected chi connectivity index (χ2v) is 10.4. The Balaban J connectivity index is 4.01. The Labute approximate surface area is 95.5 Å². The Hall–Kier alpha value is -0.123. The molecule has 0 saturated heterocycles. The van der Waals surface area contributed by atoms with Gasteiger partial charge in [0, 0.05) is 6.61 Å². The van der Waals surface area contributed by atoms with Crippen molar-refractivity contribution in [3.05, 3.63) is 11.6 Å². The molecule has 2 nitrogen and oxygen atoms in total. The molecule has 0 atom stereocenters. The smallest absolute Gasteiger partial charge is 0.191 e. The summed E-state index contributed by atoms with van der Waals surface area (Å²) in [5.41, 5.74) is 1.20. The molecular weight excluding hydrogens is 204 g/mol. The lowest BCUT2D eigenvalue weighted by atomic mass is 10.2. The third kappa shape index (κ3) is 5.49. The third-order valence-corrected chi connectivity index (χ3v) is 7.74. The highest BCUT2D eigenvalue weighted by molar-refractivity contribution is 6.74. The largest absolute Gasteiger partial charge is 0.417 e. The normalized spacial score (nSPS) is 14.5. The molecule has 1 N–H and O–H groups in total. The zero-order valence-electron chi connectivity index (χ0n) is 11.1. The summed E-state index contributed by atoms with van der Waals surface area (Å²) < 4.78 is 6.03. The maximum Gasteiger partial charge on any atom is 0.191 e. The van der Waals surface area contributed by atoms with Crippen LogP contribution >= 0.6 is 0 Å². The molecule has 0 radical (unpaired) electrons. The van der Waals surface area contributed by atoms with E-state index in [9.17, 15) is 0 Å². The Kier molecular flexibility index (Phi) is 5.78. The molecule has 0 aromatic rings. The van der Waals surface area contributed by atoms with E-state index in [1.165, 1.54) is 5.57 Å². The van der Waals surface area contributed by atoms with Crippen molar-refractivity contribution in [2.45, 2.75) is 52.2 Å². The topological polar surface area (TPSA) is 29.5 Å². The first kappa shape index (κ1) is 14.9. The zero-order chi connectivity index (χ0) is 12.1. The highest BCUT2D eigenvalue weighted by Crippen LogP contribution is 2.36. The molecule has 0 fully saturated rings. The first-order valence-electron chi connectivity index (χ1n) is 5.61. The van der Waals surface area contributed by atoms with Crippen molar-refractivity contribution in [1.29, 1.82) is 0 Å². The van der Waals surface area contributed by atoms with Gasteiger partial charge in [0.2, 0.25) is 0 Å². The molecule has 0 aromatic carbocycles. The van der Waals surface area contributed by atoms with Crippen molar-refractivity contribution in [3.63, 3.8) is 0 Å². The predicted octanol–water partition coefficient (Wildman–Crippen LogP) is 3.34. The van der Waals surface area contributed by atoms with Crippen LogP contribution in [0.1, 0.15) is 34.1 Å². The predicted molar refractivity (Wildman–Crippen MR) is 68.6 cm³/mol. The molecule has 0 bridgehead atoms. The van der Waals surface area contributed by atoms with Crippen LogP contribution < -0.4 is 0 Å². The van der Waals surface area contributed by atoms with E-state index in [1.54, 1.807) is 0 Å². The number of aliphatic hydroxyl groups excluding tert-OH is 1. The number of aliphatic hydroxyl groups is 1.